The number of aromatic nitrogens is 2. The van der Waals surface area contributed by atoms with E-state index in [1.807, 2.05) is 50.5 Å². The Morgan fingerprint density at radius 2 is 1.78 bits per heavy atom. The Morgan fingerprint density at radius 1 is 1.06 bits per heavy atom. The second-order valence-corrected chi connectivity index (χ2v) is 8.17. The van der Waals surface area contributed by atoms with E-state index in [1.165, 1.54) is 6.33 Å². The van der Waals surface area contributed by atoms with Gasteiger partial charge in [0.15, 0.2) is 0 Å². The third-order valence-corrected chi connectivity index (χ3v) is 5.70. The lowest BCUT2D eigenvalue weighted by Gasteiger charge is -2.32. The van der Waals surface area contributed by atoms with Gasteiger partial charge < -0.3 is 19.9 Å². The first-order valence-corrected chi connectivity index (χ1v) is 10.9. The summed E-state index contributed by atoms with van der Waals surface area (Å²) in [7, 11) is 4.03. The van der Waals surface area contributed by atoms with E-state index in [0.29, 0.717) is 12.4 Å². The highest BCUT2D eigenvalue weighted by molar-refractivity contribution is 5.79. The Kier molecular flexibility index (Phi) is 6.84. The predicted octanol–water partition coefficient (Wildman–Crippen LogP) is 3.87. The maximum atomic E-state index is 12.7. The van der Waals surface area contributed by atoms with Crippen LogP contribution >= 0.6 is 0 Å². The number of ether oxygens (including phenoxy) is 1. The first kappa shape index (κ1) is 21.6. The lowest BCUT2D eigenvalue weighted by Crippen LogP contribution is -2.40. The fourth-order valence-electron chi connectivity index (χ4n) is 3.78. The smallest absolute Gasteiger partial charge is 0.224 e. The molecule has 0 aliphatic carbocycles. The molecule has 166 valence electrons. The van der Waals surface area contributed by atoms with Crippen LogP contribution < -0.4 is 19.9 Å². The zero-order chi connectivity index (χ0) is 22.3. The average molecular weight is 432 g/mol. The Hall–Kier alpha value is -3.61. The molecule has 1 amide bonds. The molecule has 1 aliphatic rings. The number of anilines is 2. The predicted molar refractivity (Wildman–Crippen MR) is 126 cm³/mol. The first-order chi connectivity index (χ1) is 15.6. The molecule has 4 rings (SSSR count). The van der Waals surface area contributed by atoms with E-state index in [-0.39, 0.29) is 11.8 Å². The molecule has 0 saturated carbocycles. The van der Waals surface area contributed by atoms with Crippen molar-refractivity contribution in [3.8, 4) is 11.6 Å². The molecule has 7 heteroatoms. The molecule has 1 aliphatic heterocycles. The van der Waals surface area contributed by atoms with Crippen molar-refractivity contribution in [3.63, 3.8) is 0 Å². The molecule has 2 heterocycles. The number of nitrogens with one attached hydrogen (secondary N) is 1. The van der Waals surface area contributed by atoms with Crippen molar-refractivity contribution in [1.82, 2.24) is 15.3 Å². The van der Waals surface area contributed by atoms with E-state index >= 15 is 0 Å². The molecule has 3 aromatic rings. The van der Waals surface area contributed by atoms with E-state index < -0.39 is 0 Å². The van der Waals surface area contributed by atoms with Crippen molar-refractivity contribution in [2.24, 2.45) is 5.92 Å². The number of nitrogens with zero attached hydrogens (tertiary/aromatic N) is 4. The Labute approximate surface area is 189 Å². The Balaban J connectivity index is 1.27. The van der Waals surface area contributed by atoms with Gasteiger partial charge in [-0.25, -0.2) is 9.97 Å². The van der Waals surface area contributed by atoms with E-state index in [4.69, 9.17) is 4.74 Å². The summed E-state index contributed by atoms with van der Waals surface area (Å²) in [4.78, 5) is 25.5. The fourth-order valence-corrected chi connectivity index (χ4v) is 3.78. The maximum Gasteiger partial charge on any atom is 0.224 e. The lowest BCUT2D eigenvalue weighted by atomic mass is 9.96. The summed E-state index contributed by atoms with van der Waals surface area (Å²) in [6, 6.07) is 19.7. The van der Waals surface area contributed by atoms with Crippen LogP contribution in [0.2, 0.25) is 0 Å². The van der Waals surface area contributed by atoms with Crippen LogP contribution in [0.15, 0.2) is 67.0 Å². The van der Waals surface area contributed by atoms with Crippen LogP contribution in [0.3, 0.4) is 0 Å². The SMILES string of the molecule is CN(C)c1ccc(CNC(=O)C2CCN(c3cc(Oc4ccccc4)ncn3)CC2)cc1. The molecule has 1 fully saturated rings. The molecule has 0 bridgehead atoms. The number of carbonyl (C=O) groups excluding carboxylic acids is 1. The first-order valence-electron chi connectivity index (χ1n) is 10.9. The highest BCUT2D eigenvalue weighted by Gasteiger charge is 2.25. The summed E-state index contributed by atoms with van der Waals surface area (Å²) in [5.41, 5.74) is 2.25. The molecule has 32 heavy (non-hydrogen) atoms. The van der Waals surface area contributed by atoms with Crippen molar-refractivity contribution in [2.75, 3.05) is 37.0 Å². The summed E-state index contributed by atoms with van der Waals surface area (Å²) in [6.45, 7) is 2.10. The van der Waals surface area contributed by atoms with Gasteiger partial charge >= 0.3 is 0 Å². The van der Waals surface area contributed by atoms with Gasteiger partial charge in [-0.1, -0.05) is 30.3 Å². The lowest BCUT2D eigenvalue weighted by molar-refractivity contribution is -0.125. The van der Waals surface area contributed by atoms with Crippen LogP contribution in [0.1, 0.15) is 18.4 Å². The monoisotopic (exact) mass is 431 g/mol. The number of benzene rings is 2. The summed E-state index contributed by atoms with van der Waals surface area (Å²) in [5.74, 6) is 2.22. The molecule has 1 saturated heterocycles. The van der Waals surface area contributed by atoms with Gasteiger partial charge in [-0.15, -0.1) is 0 Å². The summed E-state index contributed by atoms with van der Waals surface area (Å²) >= 11 is 0. The van der Waals surface area contributed by atoms with Crippen LogP contribution in [0.5, 0.6) is 11.6 Å². The number of hydrogen-bond acceptors (Lipinski definition) is 6. The summed E-state index contributed by atoms with van der Waals surface area (Å²) in [5, 5.41) is 3.09. The zero-order valence-electron chi connectivity index (χ0n) is 18.6. The molecule has 1 aromatic heterocycles. The number of rotatable bonds is 7. The van der Waals surface area contributed by atoms with Gasteiger partial charge in [0, 0.05) is 51.4 Å². The highest BCUT2D eigenvalue weighted by atomic mass is 16.5. The normalized spacial score (nSPS) is 14.1. The molecule has 0 radical (unpaired) electrons. The van der Waals surface area contributed by atoms with Gasteiger partial charge in [0.1, 0.15) is 17.9 Å². The third-order valence-electron chi connectivity index (χ3n) is 5.70. The average Bonchev–Trinajstić information content (AvgIpc) is 2.84. The summed E-state index contributed by atoms with van der Waals surface area (Å²) in [6.07, 6.45) is 3.11. The third kappa shape index (κ3) is 5.55. The van der Waals surface area contributed by atoms with Crippen molar-refractivity contribution in [1.29, 1.82) is 0 Å². The minimum Gasteiger partial charge on any atom is -0.439 e. The van der Waals surface area contributed by atoms with Crippen LogP contribution in [-0.4, -0.2) is 43.1 Å². The fraction of sp³-hybridized carbons (Fsp3) is 0.320. The molecular formula is C25H29N5O2. The highest BCUT2D eigenvalue weighted by Crippen LogP contribution is 2.26. The van der Waals surface area contributed by atoms with Crippen LogP contribution in [0, 0.1) is 5.92 Å². The van der Waals surface area contributed by atoms with Gasteiger partial charge in [0.2, 0.25) is 11.8 Å². The van der Waals surface area contributed by atoms with Gasteiger partial charge in [-0.3, -0.25) is 4.79 Å². The van der Waals surface area contributed by atoms with Crippen molar-refractivity contribution in [3.05, 3.63) is 72.6 Å². The molecule has 0 unspecified atom stereocenters. The molecular weight excluding hydrogens is 402 g/mol. The number of amides is 1. The molecule has 1 N–H and O–H groups in total. The van der Waals surface area contributed by atoms with Crippen molar-refractivity contribution < 1.29 is 9.53 Å². The number of para-hydroxylation sites is 1. The largest absolute Gasteiger partial charge is 0.439 e. The van der Waals surface area contributed by atoms with Gasteiger partial charge in [0.05, 0.1) is 0 Å². The van der Waals surface area contributed by atoms with E-state index in [0.717, 1.165) is 48.7 Å². The second-order valence-electron chi connectivity index (χ2n) is 8.17. The van der Waals surface area contributed by atoms with Crippen LogP contribution in [0.25, 0.3) is 0 Å². The molecule has 0 spiro atoms. The molecule has 2 aromatic carbocycles. The quantitative estimate of drug-likeness (QED) is 0.612. The van der Waals surface area contributed by atoms with Crippen molar-refractivity contribution in [2.45, 2.75) is 19.4 Å². The summed E-state index contributed by atoms with van der Waals surface area (Å²) < 4.78 is 5.82. The second kappa shape index (κ2) is 10.1. The van der Waals surface area contributed by atoms with Crippen molar-refractivity contribution >= 4 is 17.4 Å². The number of carbonyl (C=O) groups is 1. The van der Waals surface area contributed by atoms with Gasteiger partial charge in [0.25, 0.3) is 0 Å². The van der Waals surface area contributed by atoms with Crippen LogP contribution in [0.4, 0.5) is 11.5 Å². The number of hydrogen-bond donors (Lipinski definition) is 1. The topological polar surface area (TPSA) is 70.6 Å². The van der Waals surface area contributed by atoms with Gasteiger partial charge in [-0.2, -0.15) is 0 Å². The maximum absolute atomic E-state index is 12.7. The minimum absolute atomic E-state index is 0.0224. The molecule has 0 atom stereocenters. The zero-order valence-corrected chi connectivity index (χ0v) is 18.6. The van der Waals surface area contributed by atoms with E-state index in [1.54, 1.807) is 0 Å². The molecule has 7 nitrogen and oxygen atoms in total. The van der Waals surface area contributed by atoms with Crippen LogP contribution in [-0.2, 0) is 11.3 Å². The number of piperidine rings is 1. The Bertz CT molecular complexity index is 1020. The standard InChI is InChI=1S/C25H29N5O2/c1-29(2)21-10-8-19(9-11-21)17-26-25(31)20-12-14-30(15-13-20)23-16-24(28-18-27-23)32-22-6-4-3-5-7-22/h3-11,16,18,20H,12-15,17H2,1-2H3,(H,26,31). The van der Waals surface area contributed by atoms with E-state index in [9.17, 15) is 4.79 Å². The minimum atomic E-state index is 0.0224. The van der Waals surface area contributed by atoms with E-state index in [2.05, 4.69) is 49.4 Å². The van der Waals surface area contributed by atoms with Gasteiger partial charge in [-0.05, 0) is 42.7 Å². The Morgan fingerprint density at radius 3 is 2.47 bits per heavy atom.